The van der Waals surface area contributed by atoms with Crippen LogP contribution in [0, 0.1) is 11.6 Å². The number of aromatic nitrogens is 1. The first-order chi connectivity index (χ1) is 16.3. The van der Waals surface area contributed by atoms with Crippen LogP contribution in [0.4, 0.5) is 8.78 Å². The number of amides is 1. The second-order valence-corrected chi connectivity index (χ2v) is 9.62. The van der Waals surface area contributed by atoms with E-state index in [0.717, 1.165) is 17.7 Å². The average molecular weight is 492 g/mol. The summed E-state index contributed by atoms with van der Waals surface area (Å²) in [5.74, 6) is -1.29. The number of carbonyl (C=O) groups excluding carboxylic acids is 1. The molecule has 1 N–H and O–H groups in total. The number of benzene rings is 2. The molecule has 0 saturated carbocycles. The molecule has 8 nitrogen and oxygen atoms in total. The molecule has 2 heterocycles. The minimum Gasteiger partial charge on any atom is -0.441 e. The number of nitrogens with one attached hydrogen (secondary N) is 1. The van der Waals surface area contributed by atoms with E-state index in [2.05, 4.69) is 10.3 Å². The summed E-state index contributed by atoms with van der Waals surface area (Å²) in [6.45, 7) is 1.63. The molecule has 1 aromatic heterocycles. The summed E-state index contributed by atoms with van der Waals surface area (Å²) in [6.07, 6.45) is 1.62. The lowest BCUT2D eigenvalue weighted by atomic mass is 10.2. The number of aryl methyl sites for hydroxylation is 1. The lowest BCUT2D eigenvalue weighted by Crippen LogP contribution is -2.40. The topological polar surface area (TPSA) is 102 Å². The van der Waals surface area contributed by atoms with Crippen molar-refractivity contribution in [1.82, 2.24) is 14.6 Å². The number of carbonyl (C=O) groups is 1. The van der Waals surface area contributed by atoms with Crippen molar-refractivity contribution in [2.45, 2.75) is 24.3 Å². The van der Waals surface area contributed by atoms with Crippen LogP contribution in [0.5, 0.6) is 0 Å². The van der Waals surface area contributed by atoms with Gasteiger partial charge in [-0.25, -0.2) is 22.2 Å². The number of rotatable bonds is 8. The molecular weight excluding hydrogens is 468 g/mol. The van der Waals surface area contributed by atoms with Crippen LogP contribution in [0.15, 0.2) is 58.0 Å². The molecule has 1 amide bonds. The Labute approximate surface area is 195 Å². The highest BCUT2D eigenvalue weighted by atomic mass is 32.2. The van der Waals surface area contributed by atoms with E-state index in [9.17, 15) is 22.0 Å². The Bertz CT molecular complexity index is 1260. The van der Waals surface area contributed by atoms with Crippen molar-refractivity contribution in [1.29, 1.82) is 0 Å². The maximum Gasteiger partial charge on any atom is 0.243 e. The molecule has 4 rings (SSSR count). The third-order valence-corrected chi connectivity index (χ3v) is 7.25. The molecule has 0 atom stereocenters. The third-order valence-electron chi connectivity index (χ3n) is 5.34. The molecule has 0 unspecified atom stereocenters. The molecule has 1 aliphatic rings. The molecule has 0 aliphatic carbocycles. The van der Waals surface area contributed by atoms with Crippen molar-refractivity contribution in [2.24, 2.45) is 0 Å². The number of nitrogens with zero attached hydrogens (tertiary/aromatic N) is 2. The fourth-order valence-corrected chi connectivity index (χ4v) is 4.87. The third kappa shape index (κ3) is 5.66. The zero-order valence-corrected chi connectivity index (χ0v) is 19.0. The van der Waals surface area contributed by atoms with Gasteiger partial charge in [-0.3, -0.25) is 4.79 Å². The van der Waals surface area contributed by atoms with E-state index in [4.69, 9.17) is 9.15 Å². The molecule has 3 aromatic rings. The first kappa shape index (κ1) is 24.0. The van der Waals surface area contributed by atoms with Crippen LogP contribution in [0.1, 0.15) is 17.9 Å². The van der Waals surface area contributed by atoms with Gasteiger partial charge in [0, 0.05) is 38.5 Å². The zero-order chi connectivity index (χ0) is 24.1. The molecular formula is C23H23F2N3O5S. The number of morpholine rings is 1. The molecule has 1 saturated heterocycles. The van der Waals surface area contributed by atoms with E-state index in [-0.39, 0.29) is 47.4 Å². The zero-order valence-electron chi connectivity index (χ0n) is 18.2. The number of sulfonamides is 1. The highest BCUT2D eigenvalue weighted by molar-refractivity contribution is 7.89. The molecule has 0 bridgehead atoms. The van der Waals surface area contributed by atoms with Gasteiger partial charge in [0.15, 0.2) is 11.7 Å². The minimum absolute atomic E-state index is 0.0867. The second-order valence-electron chi connectivity index (χ2n) is 7.68. The van der Waals surface area contributed by atoms with Crippen molar-refractivity contribution in [3.8, 4) is 11.3 Å². The Morgan fingerprint density at radius 3 is 2.53 bits per heavy atom. The normalized spacial score (nSPS) is 14.8. The van der Waals surface area contributed by atoms with Crippen LogP contribution in [-0.4, -0.2) is 49.9 Å². The molecule has 0 spiro atoms. The van der Waals surface area contributed by atoms with Gasteiger partial charge in [-0.15, -0.1) is 0 Å². The number of ether oxygens (including phenoxy) is 1. The Morgan fingerprint density at radius 2 is 1.82 bits per heavy atom. The summed E-state index contributed by atoms with van der Waals surface area (Å²) in [5.41, 5.74) is 0.836. The van der Waals surface area contributed by atoms with Gasteiger partial charge in [0.05, 0.1) is 29.9 Å². The largest absolute Gasteiger partial charge is 0.441 e. The predicted octanol–water partition coefficient (Wildman–Crippen LogP) is 2.89. The van der Waals surface area contributed by atoms with Crippen LogP contribution in [0.3, 0.4) is 0 Å². The lowest BCUT2D eigenvalue weighted by Gasteiger charge is -2.26. The maximum absolute atomic E-state index is 13.9. The van der Waals surface area contributed by atoms with Crippen LogP contribution >= 0.6 is 0 Å². The highest BCUT2D eigenvalue weighted by Gasteiger charge is 2.26. The van der Waals surface area contributed by atoms with Gasteiger partial charge in [-0.05, 0) is 29.8 Å². The lowest BCUT2D eigenvalue weighted by molar-refractivity contribution is -0.121. The van der Waals surface area contributed by atoms with Crippen molar-refractivity contribution >= 4 is 15.9 Å². The Morgan fingerprint density at radius 1 is 1.09 bits per heavy atom. The quantitative estimate of drug-likeness (QED) is 0.520. The SMILES string of the molecule is O=C(CCc1ncc(-c2ccc(F)cc2F)o1)NCc1ccc(S(=O)(=O)N2CCOCC2)cc1. The number of oxazole rings is 1. The molecule has 2 aromatic carbocycles. The summed E-state index contributed by atoms with van der Waals surface area (Å²) in [4.78, 5) is 16.4. The first-order valence-corrected chi connectivity index (χ1v) is 12.1. The van der Waals surface area contributed by atoms with Crippen molar-refractivity contribution in [3.63, 3.8) is 0 Å². The van der Waals surface area contributed by atoms with Crippen molar-refractivity contribution in [2.75, 3.05) is 26.3 Å². The van der Waals surface area contributed by atoms with Gasteiger partial charge in [-0.2, -0.15) is 4.31 Å². The summed E-state index contributed by atoms with van der Waals surface area (Å²) in [6, 6.07) is 9.51. The fraction of sp³-hybridized carbons (Fsp3) is 0.304. The van der Waals surface area contributed by atoms with Gasteiger partial charge < -0.3 is 14.5 Å². The number of hydrogen-bond donors (Lipinski definition) is 1. The van der Waals surface area contributed by atoms with E-state index in [1.165, 1.54) is 28.7 Å². The summed E-state index contributed by atoms with van der Waals surface area (Å²) in [7, 11) is -3.57. The van der Waals surface area contributed by atoms with Crippen molar-refractivity contribution < 1.29 is 31.1 Å². The Hall–Kier alpha value is -3.15. The van der Waals surface area contributed by atoms with Gasteiger partial charge in [0.1, 0.15) is 11.6 Å². The van der Waals surface area contributed by atoms with Crippen LogP contribution in [-0.2, 0) is 32.5 Å². The van der Waals surface area contributed by atoms with E-state index in [1.807, 2.05) is 0 Å². The monoisotopic (exact) mass is 491 g/mol. The second kappa shape index (κ2) is 10.4. The van der Waals surface area contributed by atoms with E-state index < -0.39 is 21.7 Å². The minimum atomic E-state index is -3.57. The standard InChI is InChI=1S/C23H23F2N3O5S/c24-17-3-6-19(20(25)13-17)21-15-27-23(33-21)8-7-22(29)26-14-16-1-4-18(5-2-16)34(30,31)28-9-11-32-12-10-28/h1-6,13,15H,7-12,14H2,(H,26,29). The summed E-state index contributed by atoms with van der Waals surface area (Å²) < 4.78 is 64.3. The number of halogens is 2. The maximum atomic E-state index is 13.9. The summed E-state index contributed by atoms with van der Waals surface area (Å²) >= 11 is 0. The fourth-order valence-electron chi connectivity index (χ4n) is 3.46. The average Bonchev–Trinajstić information content (AvgIpc) is 3.31. The molecule has 34 heavy (non-hydrogen) atoms. The molecule has 180 valence electrons. The van der Waals surface area contributed by atoms with E-state index in [0.29, 0.717) is 26.3 Å². The first-order valence-electron chi connectivity index (χ1n) is 10.7. The van der Waals surface area contributed by atoms with Crippen molar-refractivity contribution in [3.05, 3.63) is 71.8 Å². The van der Waals surface area contributed by atoms with Gasteiger partial charge in [0.2, 0.25) is 15.9 Å². The van der Waals surface area contributed by atoms with E-state index >= 15 is 0 Å². The molecule has 0 radical (unpaired) electrons. The van der Waals surface area contributed by atoms with Gasteiger partial charge >= 0.3 is 0 Å². The predicted molar refractivity (Wildman–Crippen MR) is 118 cm³/mol. The Kier molecular flexibility index (Phi) is 7.35. The molecule has 1 aliphatic heterocycles. The van der Waals surface area contributed by atoms with Gasteiger partial charge in [-0.1, -0.05) is 12.1 Å². The highest BCUT2D eigenvalue weighted by Crippen LogP contribution is 2.24. The molecule has 11 heteroatoms. The van der Waals surface area contributed by atoms with Crippen LogP contribution in [0.2, 0.25) is 0 Å². The van der Waals surface area contributed by atoms with Gasteiger partial charge in [0.25, 0.3) is 0 Å². The summed E-state index contributed by atoms with van der Waals surface area (Å²) in [5, 5.41) is 2.76. The molecule has 1 fully saturated rings. The van der Waals surface area contributed by atoms with E-state index in [1.54, 1.807) is 12.1 Å². The smallest absolute Gasteiger partial charge is 0.243 e. The van der Waals surface area contributed by atoms with Crippen LogP contribution in [0.25, 0.3) is 11.3 Å². The van der Waals surface area contributed by atoms with Crippen LogP contribution < -0.4 is 5.32 Å². The Balaban J connectivity index is 1.27. The number of hydrogen-bond acceptors (Lipinski definition) is 6.